The van der Waals surface area contributed by atoms with Gasteiger partial charge in [0, 0.05) is 18.5 Å². The third-order valence-corrected chi connectivity index (χ3v) is 2.05. The van der Waals surface area contributed by atoms with Crippen molar-refractivity contribution in [2.24, 2.45) is 0 Å². The van der Waals surface area contributed by atoms with Gasteiger partial charge >= 0.3 is 0 Å². The van der Waals surface area contributed by atoms with Gasteiger partial charge in [0.2, 0.25) is 5.91 Å². The molecule has 1 rings (SSSR count). The number of ether oxygens (including phenoxy) is 1. The predicted molar refractivity (Wildman–Crippen MR) is 68.8 cm³/mol. The zero-order chi connectivity index (χ0) is 12.5. The first-order chi connectivity index (χ1) is 8.26. The summed E-state index contributed by atoms with van der Waals surface area (Å²) in [7, 11) is 1.60. The molecule has 0 unspecified atom stereocenters. The van der Waals surface area contributed by atoms with Crippen molar-refractivity contribution >= 4 is 11.6 Å². The summed E-state index contributed by atoms with van der Waals surface area (Å²) >= 11 is 0. The molecular formula is C14H15NO2. The molecule has 17 heavy (non-hydrogen) atoms. The fourth-order valence-electron chi connectivity index (χ4n) is 1.22. The quantitative estimate of drug-likeness (QED) is 0.806. The maximum atomic E-state index is 11.5. The lowest BCUT2D eigenvalue weighted by molar-refractivity contribution is -0.116. The minimum Gasteiger partial charge on any atom is -0.497 e. The Bertz CT molecular complexity index is 438. The van der Waals surface area contributed by atoms with Gasteiger partial charge in [-0.15, -0.1) is 0 Å². The highest BCUT2D eigenvalue weighted by Gasteiger charge is 2.00. The van der Waals surface area contributed by atoms with Crippen LogP contribution in [0.2, 0.25) is 0 Å². The normalized spacial score (nSPS) is 8.76. The first kappa shape index (κ1) is 12.9. The van der Waals surface area contributed by atoms with Crippen LogP contribution in [0.15, 0.2) is 36.9 Å². The number of nitrogens with one attached hydrogen (secondary N) is 1. The van der Waals surface area contributed by atoms with E-state index < -0.39 is 0 Å². The van der Waals surface area contributed by atoms with Crippen LogP contribution in [0.3, 0.4) is 0 Å². The number of amides is 1. The number of anilines is 1. The minimum atomic E-state index is -0.0477. The van der Waals surface area contributed by atoms with Gasteiger partial charge < -0.3 is 10.1 Å². The summed E-state index contributed by atoms with van der Waals surface area (Å²) in [5.74, 6) is 6.24. The Labute approximate surface area is 101 Å². The summed E-state index contributed by atoms with van der Waals surface area (Å²) in [6.07, 6.45) is 2.43. The smallest absolute Gasteiger partial charge is 0.225 e. The third-order valence-electron chi connectivity index (χ3n) is 2.05. The summed E-state index contributed by atoms with van der Waals surface area (Å²) in [5, 5.41) is 2.78. The molecule has 0 aliphatic heterocycles. The van der Waals surface area contributed by atoms with Gasteiger partial charge in [-0.1, -0.05) is 18.4 Å². The van der Waals surface area contributed by atoms with Crippen molar-refractivity contribution < 1.29 is 9.53 Å². The van der Waals surface area contributed by atoms with Crippen LogP contribution in [0.25, 0.3) is 0 Å². The van der Waals surface area contributed by atoms with Gasteiger partial charge in [0.05, 0.1) is 7.11 Å². The van der Waals surface area contributed by atoms with Crippen molar-refractivity contribution in [1.82, 2.24) is 0 Å². The second kappa shape index (κ2) is 7.13. The number of allylic oxidation sites excluding steroid dienone is 1. The molecule has 0 radical (unpaired) electrons. The topological polar surface area (TPSA) is 38.3 Å². The van der Waals surface area contributed by atoms with E-state index in [0.29, 0.717) is 12.8 Å². The highest BCUT2D eigenvalue weighted by atomic mass is 16.5. The zero-order valence-corrected chi connectivity index (χ0v) is 9.82. The van der Waals surface area contributed by atoms with Crippen molar-refractivity contribution in [3.63, 3.8) is 0 Å². The van der Waals surface area contributed by atoms with Crippen LogP contribution in [0.1, 0.15) is 12.8 Å². The van der Waals surface area contributed by atoms with Crippen molar-refractivity contribution in [3.05, 3.63) is 36.9 Å². The van der Waals surface area contributed by atoms with E-state index >= 15 is 0 Å². The van der Waals surface area contributed by atoms with Crippen LogP contribution in [0.4, 0.5) is 5.69 Å². The van der Waals surface area contributed by atoms with Gasteiger partial charge in [0.15, 0.2) is 0 Å². The van der Waals surface area contributed by atoms with Crippen molar-refractivity contribution in [3.8, 4) is 17.6 Å². The number of rotatable bonds is 4. The number of carbonyl (C=O) groups excluding carboxylic acids is 1. The molecule has 0 aromatic heterocycles. The van der Waals surface area contributed by atoms with E-state index in [9.17, 15) is 4.79 Å². The van der Waals surface area contributed by atoms with Crippen molar-refractivity contribution in [2.45, 2.75) is 12.8 Å². The van der Waals surface area contributed by atoms with E-state index in [4.69, 9.17) is 4.74 Å². The molecule has 1 amide bonds. The standard InChI is InChI=1S/C14H15NO2/c1-3-4-5-6-7-14(16)15-12-8-10-13(17-2)11-9-12/h3,8-11H,1,6-7H2,2H3,(H,15,16). The van der Waals surface area contributed by atoms with E-state index in [1.54, 1.807) is 31.4 Å². The molecule has 0 spiro atoms. The Balaban J connectivity index is 2.42. The Morgan fingerprint density at radius 2 is 2.18 bits per heavy atom. The van der Waals surface area contributed by atoms with Crippen LogP contribution in [-0.2, 0) is 4.79 Å². The van der Waals surface area contributed by atoms with Gasteiger partial charge in [-0.05, 0) is 30.3 Å². The number of carbonyl (C=O) groups is 1. The molecule has 3 heteroatoms. The molecular weight excluding hydrogens is 214 g/mol. The molecule has 1 aromatic rings. The molecule has 0 saturated carbocycles. The van der Waals surface area contributed by atoms with E-state index in [1.807, 2.05) is 0 Å². The second-order valence-electron chi connectivity index (χ2n) is 3.30. The maximum Gasteiger partial charge on any atom is 0.225 e. The highest BCUT2D eigenvalue weighted by Crippen LogP contribution is 2.15. The van der Waals surface area contributed by atoms with Crippen LogP contribution in [-0.4, -0.2) is 13.0 Å². The zero-order valence-electron chi connectivity index (χ0n) is 9.82. The number of hydrogen-bond acceptors (Lipinski definition) is 2. The van der Waals surface area contributed by atoms with Gasteiger partial charge in [0.25, 0.3) is 0 Å². The van der Waals surface area contributed by atoms with E-state index in [0.717, 1.165) is 11.4 Å². The molecule has 0 atom stereocenters. The van der Waals surface area contributed by atoms with Crippen molar-refractivity contribution in [2.75, 3.05) is 12.4 Å². The average Bonchev–Trinajstić information content (AvgIpc) is 2.36. The lowest BCUT2D eigenvalue weighted by atomic mass is 10.2. The average molecular weight is 229 g/mol. The molecule has 0 bridgehead atoms. The largest absolute Gasteiger partial charge is 0.497 e. The van der Waals surface area contributed by atoms with Crippen LogP contribution < -0.4 is 10.1 Å². The van der Waals surface area contributed by atoms with Crippen LogP contribution in [0.5, 0.6) is 5.75 Å². The summed E-state index contributed by atoms with van der Waals surface area (Å²) in [4.78, 5) is 11.5. The number of hydrogen-bond donors (Lipinski definition) is 1. The Morgan fingerprint density at radius 1 is 1.47 bits per heavy atom. The number of methoxy groups -OCH3 is 1. The first-order valence-corrected chi connectivity index (χ1v) is 5.29. The van der Waals surface area contributed by atoms with Gasteiger partial charge in [0.1, 0.15) is 5.75 Å². The Kier molecular flexibility index (Phi) is 5.39. The Morgan fingerprint density at radius 3 is 2.76 bits per heavy atom. The molecule has 88 valence electrons. The monoisotopic (exact) mass is 229 g/mol. The van der Waals surface area contributed by atoms with E-state index in [-0.39, 0.29) is 5.91 Å². The SMILES string of the molecule is C=CC#CCCC(=O)Nc1ccc(OC)cc1. The fraction of sp³-hybridized carbons (Fsp3) is 0.214. The minimum absolute atomic E-state index is 0.0477. The molecule has 0 aliphatic carbocycles. The molecule has 0 aliphatic rings. The van der Waals surface area contributed by atoms with E-state index in [1.165, 1.54) is 6.08 Å². The third kappa shape index (κ3) is 4.89. The number of benzene rings is 1. The fourth-order valence-corrected chi connectivity index (χ4v) is 1.22. The summed E-state index contributed by atoms with van der Waals surface area (Å²) in [6.45, 7) is 3.48. The van der Waals surface area contributed by atoms with Crippen molar-refractivity contribution in [1.29, 1.82) is 0 Å². The van der Waals surface area contributed by atoms with Crippen LogP contribution in [0, 0.1) is 11.8 Å². The van der Waals surface area contributed by atoms with E-state index in [2.05, 4.69) is 23.7 Å². The lowest BCUT2D eigenvalue weighted by Crippen LogP contribution is -2.10. The molecule has 0 saturated heterocycles. The lowest BCUT2D eigenvalue weighted by Gasteiger charge is -2.04. The maximum absolute atomic E-state index is 11.5. The summed E-state index contributed by atoms with van der Waals surface area (Å²) in [5.41, 5.74) is 0.757. The molecule has 0 heterocycles. The van der Waals surface area contributed by atoms with Gasteiger partial charge in [-0.2, -0.15) is 0 Å². The molecule has 0 fully saturated rings. The summed E-state index contributed by atoms with van der Waals surface area (Å²) < 4.78 is 5.03. The summed E-state index contributed by atoms with van der Waals surface area (Å²) in [6, 6.07) is 7.19. The highest BCUT2D eigenvalue weighted by molar-refractivity contribution is 5.90. The molecule has 3 nitrogen and oxygen atoms in total. The Hall–Kier alpha value is -2.21. The second-order valence-corrected chi connectivity index (χ2v) is 3.30. The molecule has 1 N–H and O–H groups in total. The van der Waals surface area contributed by atoms with Gasteiger partial charge in [-0.3, -0.25) is 4.79 Å². The predicted octanol–water partition coefficient (Wildman–Crippen LogP) is 2.60. The molecule has 1 aromatic carbocycles. The van der Waals surface area contributed by atoms with Gasteiger partial charge in [-0.25, -0.2) is 0 Å². The first-order valence-electron chi connectivity index (χ1n) is 5.29. The van der Waals surface area contributed by atoms with Crippen LogP contribution >= 0.6 is 0 Å².